The van der Waals surface area contributed by atoms with Crippen molar-refractivity contribution in [3.05, 3.63) is 51.6 Å². The third-order valence-corrected chi connectivity index (χ3v) is 3.01. The van der Waals surface area contributed by atoms with Crippen molar-refractivity contribution >= 4 is 18.1 Å². The second-order valence-corrected chi connectivity index (χ2v) is 6.16. The molecule has 1 aromatic rings. The summed E-state index contributed by atoms with van der Waals surface area (Å²) in [5, 5.41) is 13.4. The second-order valence-electron chi connectivity index (χ2n) is 6.16. The van der Waals surface area contributed by atoms with Crippen LogP contribution >= 0.6 is 0 Å². The Hall–Kier alpha value is -2.70. The Morgan fingerprint density at radius 3 is 2.33 bits per heavy atom. The van der Waals surface area contributed by atoms with Crippen LogP contribution in [0.15, 0.2) is 35.9 Å². The van der Waals surface area contributed by atoms with E-state index in [9.17, 15) is 19.7 Å². The van der Waals surface area contributed by atoms with Crippen molar-refractivity contribution in [2.45, 2.75) is 45.8 Å². The van der Waals surface area contributed by atoms with Gasteiger partial charge in [-0.05, 0) is 44.9 Å². The minimum Gasteiger partial charge on any atom is -0.444 e. The summed E-state index contributed by atoms with van der Waals surface area (Å²) in [6.45, 7) is 7.06. The fraction of sp³-hybridized carbons (Fsp3) is 0.412. The van der Waals surface area contributed by atoms with Gasteiger partial charge in [-0.1, -0.05) is 13.0 Å². The number of nitro benzene ring substituents is 1. The quantitative estimate of drug-likeness (QED) is 0.370. The maximum absolute atomic E-state index is 12.1. The molecule has 0 bridgehead atoms. The van der Waals surface area contributed by atoms with E-state index in [-0.39, 0.29) is 5.69 Å². The van der Waals surface area contributed by atoms with Crippen molar-refractivity contribution < 1.29 is 19.2 Å². The van der Waals surface area contributed by atoms with Crippen molar-refractivity contribution in [3.63, 3.8) is 0 Å². The van der Waals surface area contributed by atoms with E-state index in [0.717, 1.165) is 0 Å². The monoisotopic (exact) mass is 334 g/mol. The van der Waals surface area contributed by atoms with Gasteiger partial charge in [-0.3, -0.25) is 14.9 Å². The molecule has 1 atom stereocenters. The summed E-state index contributed by atoms with van der Waals surface area (Å²) < 4.78 is 5.22. The van der Waals surface area contributed by atoms with Gasteiger partial charge in [0.1, 0.15) is 11.9 Å². The van der Waals surface area contributed by atoms with Gasteiger partial charge in [-0.15, -0.1) is 0 Å². The average molecular weight is 334 g/mol. The highest BCUT2D eigenvalue weighted by Gasteiger charge is 2.23. The van der Waals surface area contributed by atoms with E-state index in [4.69, 9.17) is 4.74 Å². The summed E-state index contributed by atoms with van der Waals surface area (Å²) in [5.41, 5.74) is 0.164. The van der Waals surface area contributed by atoms with Crippen molar-refractivity contribution in [2.24, 2.45) is 0 Å². The number of alkyl carbamates (subject to hydrolysis) is 1. The van der Waals surface area contributed by atoms with Crippen LogP contribution in [0.1, 0.15) is 45.7 Å². The molecule has 0 heterocycles. The van der Waals surface area contributed by atoms with E-state index in [0.29, 0.717) is 23.8 Å². The van der Waals surface area contributed by atoms with Gasteiger partial charge in [0, 0.05) is 17.7 Å². The lowest BCUT2D eigenvalue weighted by molar-refractivity contribution is -0.384. The summed E-state index contributed by atoms with van der Waals surface area (Å²) in [6, 6.07) is 4.93. The first kappa shape index (κ1) is 19.3. The maximum atomic E-state index is 12.1. The van der Waals surface area contributed by atoms with Gasteiger partial charge < -0.3 is 10.1 Å². The fourth-order valence-corrected chi connectivity index (χ4v) is 2.04. The van der Waals surface area contributed by atoms with Gasteiger partial charge in [0.05, 0.1) is 11.0 Å². The number of nitrogens with one attached hydrogen (secondary N) is 1. The molecule has 0 aromatic heterocycles. The van der Waals surface area contributed by atoms with E-state index in [1.54, 1.807) is 26.8 Å². The third-order valence-electron chi connectivity index (χ3n) is 3.01. The number of hydrogen-bond donors (Lipinski definition) is 1. The van der Waals surface area contributed by atoms with Gasteiger partial charge in [0.25, 0.3) is 5.69 Å². The lowest BCUT2D eigenvalue weighted by atomic mass is 9.98. The molecule has 0 aliphatic heterocycles. The van der Waals surface area contributed by atoms with Crippen LogP contribution in [-0.2, 0) is 9.53 Å². The number of rotatable bonds is 6. The van der Waals surface area contributed by atoms with Crippen LogP contribution in [0.5, 0.6) is 0 Å². The third kappa shape index (κ3) is 5.83. The number of carbonyl (C=O) groups excluding carboxylic acids is 2. The molecule has 0 saturated carbocycles. The van der Waals surface area contributed by atoms with E-state index in [1.165, 1.54) is 24.3 Å². The summed E-state index contributed by atoms with van der Waals surface area (Å²) in [5.74, 6) is 0. The van der Waals surface area contributed by atoms with Gasteiger partial charge in [-0.25, -0.2) is 4.79 Å². The number of benzene rings is 1. The van der Waals surface area contributed by atoms with Crippen LogP contribution in [-0.4, -0.2) is 22.9 Å². The molecule has 1 aromatic carbocycles. The van der Waals surface area contributed by atoms with Gasteiger partial charge in [0.15, 0.2) is 0 Å². The lowest BCUT2D eigenvalue weighted by Gasteiger charge is -2.24. The normalized spacial score (nSPS) is 13.1. The number of amides is 1. The Bertz CT molecular complexity index is 629. The summed E-state index contributed by atoms with van der Waals surface area (Å²) in [6.07, 6.45) is 2.28. The van der Waals surface area contributed by atoms with Gasteiger partial charge in [-0.2, -0.15) is 0 Å². The minimum atomic E-state index is -0.738. The zero-order valence-corrected chi connectivity index (χ0v) is 14.2. The number of allylic oxidation sites excluding steroid dienone is 1. The summed E-state index contributed by atoms with van der Waals surface area (Å²) in [7, 11) is 0. The van der Waals surface area contributed by atoms with E-state index in [2.05, 4.69) is 5.32 Å². The summed E-state index contributed by atoms with van der Waals surface area (Å²) >= 11 is 0. The van der Waals surface area contributed by atoms with Gasteiger partial charge in [0.2, 0.25) is 0 Å². The van der Waals surface area contributed by atoms with Crippen molar-refractivity contribution in [2.75, 3.05) is 0 Å². The molecular formula is C17H22N2O5. The molecule has 0 aliphatic carbocycles. The van der Waals surface area contributed by atoms with Gasteiger partial charge >= 0.3 is 6.09 Å². The Morgan fingerprint density at radius 1 is 1.33 bits per heavy atom. The lowest BCUT2D eigenvalue weighted by Crippen LogP contribution is -2.36. The second kappa shape index (κ2) is 8.24. The van der Waals surface area contributed by atoms with Crippen molar-refractivity contribution in [1.29, 1.82) is 0 Å². The van der Waals surface area contributed by atoms with Crippen LogP contribution in [0.2, 0.25) is 0 Å². The van der Waals surface area contributed by atoms with Crippen LogP contribution < -0.4 is 5.32 Å². The van der Waals surface area contributed by atoms with Crippen LogP contribution in [0.25, 0.3) is 0 Å². The van der Waals surface area contributed by atoms with E-state index in [1.807, 2.05) is 6.92 Å². The highest BCUT2D eigenvalue weighted by atomic mass is 16.6. The number of nitrogens with zero attached hydrogens (tertiary/aromatic N) is 1. The Morgan fingerprint density at radius 2 is 1.92 bits per heavy atom. The zero-order valence-electron chi connectivity index (χ0n) is 14.2. The maximum Gasteiger partial charge on any atom is 0.408 e. The fourth-order valence-electron chi connectivity index (χ4n) is 2.04. The molecule has 7 nitrogen and oxygen atoms in total. The molecular weight excluding hydrogens is 312 g/mol. The zero-order chi connectivity index (χ0) is 18.3. The number of non-ortho nitro benzene ring substituents is 1. The largest absolute Gasteiger partial charge is 0.444 e. The highest BCUT2D eigenvalue weighted by molar-refractivity contribution is 5.78. The molecule has 1 amide bonds. The van der Waals surface area contributed by atoms with Crippen LogP contribution in [0.4, 0.5) is 10.5 Å². The first-order valence-electron chi connectivity index (χ1n) is 7.57. The van der Waals surface area contributed by atoms with Crippen molar-refractivity contribution in [3.8, 4) is 0 Å². The molecule has 0 unspecified atom stereocenters. The molecule has 0 fully saturated rings. The molecule has 0 aliphatic rings. The number of nitro groups is 1. The van der Waals surface area contributed by atoms with Crippen LogP contribution in [0.3, 0.4) is 0 Å². The SMILES string of the molecule is CC/C=C(\C=O)[C@H](NC(=O)OC(C)(C)C)c1ccc([N+](=O)[O-])cc1. The Kier molecular flexibility index (Phi) is 6.64. The molecule has 24 heavy (non-hydrogen) atoms. The number of hydrogen-bond acceptors (Lipinski definition) is 5. The van der Waals surface area contributed by atoms with Crippen LogP contribution in [0, 0.1) is 10.1 Å². The molecule has 1 rings (SSSR count). The molecule has 0 saturated heterocycles. The smallest absolute Gasteiger partial charge is 0.408 e. The van der Waals surface area contributed by atoms with Crippen molar-refractivity contribution in [1.82, 2.24) is 5.32 Å². The Labute approximate surface area is 140 Å². The molecule has 0 spiro atoms. The Balaban J connectivity index is 3.14. The molecule has 0 radical (unpaired) electrons. The molecule has 7 heteroatoms. The predicted molar refractivity (Wildman–Crippen MR) is 89.6 cm³/mol. The first-order valence-corrected chi connectivity index (χ1v) is 7.57. The summed E-state index contributed by atoms with van der Waals surface area (Å²) in [4.78, 5) is 33.7. The predicted octanol–water partition coefficient (Wildman–Crippen LogP) is 3.70. The van der Waals surface area contributed by atoms with E-state index >= 15 is 0 Å². The number of aldehydes is 1. The molecule has 1 N–H and O–H groups in total. The number of ether oxygens (including phenoxy) is 1. The topological polar surface area (TPSA) is 98.5 Å². The average Bonchev–Trinajstić information content (AvgIpc) is 2.49. The highest BCUT2D eigenvalue weighted by Crippen LogP contribution is 2.24. The first-order chi connectivity index (χ1) is 11.2. The molecule has 130 valence electrons. The van der Waals surface area contributed by atoms with E-state index < -0.39 is 22.7 Å². The minimum absolute atomic E-state index is 0.0677. The standard InChI is InChI=1S/C17H22N2O5/c1-5-6-13(11-20)15(18-16(21)24-17(2,3)4)12-7-9-14(10-8-12)19(22)23/h6-11,15H,5H2,1-4H3,(H,18,21)/b13-6+/t15-/m1/s1. The number of carbonyl (C=O) groups is 2.